The van der Waals surface area contributed by atoms with Crippen molar-refractivity contribution in [1.82, 2.24) is 9.71 Å². The van der Waals surface area contributed by atoms with Crippen LogP contribution in [0.1, 0.15) is 30.0 Å². The Morgan fingerprint density at radius 3 is 2.64 bits per heavy atom. The van der Waals surface area contributed by atoms with Gasteiger partial charge in [0.1, 0.15) is 5.01 Å². The van der Waals surface area contributed by atoms with Gasteiger partial charge in [0.2, 0.25) is 10.0 Å². The predicted molar refractivity (Wildman–Crippen MR) is 91.0 cm³/mol. The van der Waals surface area contributed by atoms with E-state index in [4.69, 9.17) is 0 Å². The number of sulfonamides is 1. The summed E-state index contributed by atoms with van der Waals surface area (Å²) in [6.45, 7) is 3.90. The highest BCUT2D eigenvalue weighted by Gasteiger charge is 2.22. The number of anilines is 1. The van der Waals surface area contributed by atoms with Gasteiger partial charge in [-0.25, -0.2) is 18.1 Å². The van der Waals surface area contributed by atoms with Gasteiger partial charge in [-0.2, -0.15) is 0 Å². The second-order valence-electron chi connectivity index (χ2n) is 5.30. The summed E-state index contributed by atoms with van der Waals surface area (Å²) in [5, 5.41) is 2.63. The van der Waals surface area contributed by atoms with Gasteiger partial charge in [0.25, 0.3) is 0 Å². The summed E-state index contributed by atoms with van der Waals surface area (Å²) in [4.78, 5) is 6.39. The summed E-state index contributed by atoms with van der Waals surface area (Å²) >= 11 is 1.46. The molecule has 1 N–H and O–H groups in total. The smallest absolute Gasteiger partial charge is 0.241 e. The van der Waals surface area contributed by atoms with E-state index in [0.717, 1.165) is 16.3 Å². The molecular weight excluding hydrogens is 318 g/mol. The number of nitrogens with zero attached hydrogens (tertiary/aromatic N) is 2. The molecule has 1 aromatic carbocycles. The highest BCUT2D eigenvalue weighted by atomic mass is 32.2. The summed E-state index contributed by atoms with van der Waals surface area (Å²) in [5.74, 6) is 0. The monoisotopic (exact) mass is 339 g/mol. The van der Waals surface area contributed by atoms with Gasteiger partial charge in [-0.3, -0.25) is 0 Å². The van der Waals surface area contributed by atoms with Crippen molar-refractivity contribution in [2.45, 2.75) is 31.2 Å². The minimum atomic E-state index is -3.58. The number of thiazole rings is 1. The Labute approximate surface area is 136 Å². The van der Waals surface area contributed by atoms with Crippen molar-refractivity contribution in [2.75, 3.05) is 19.0 Å². The standard InChI is InChI=1S/C15H21N3O2S2/c1-5-13(15-16-8-9-21-15)17-22(19,20)12-7-6-11(2)14(10-12)18(3)4/h6-10,13,17H,5H2,1-4H3/t13-/m0/s1. The molecule has 0 aliphatic rings. The normalized spacial score (nSPS) is 13.1. The zero-order chi connectivity index (χ0) is 16.3. The van der Waals surface area contributed by atoms with Crippen LogP contribution in [-0.2, 0) is 10.0 Å². The number of nitrogens with one attached hydrogen (secondary N) is 1. The molecule has 0 fully saturated rings. The number of aryl methyl sites for hydroxylation is 1. The average molecular weight is 339 g/mol. The van der Waals surface area contributed by atoms with E-state index in [1.165, 1.54) is 11.3 Å². The van der Waals surface area contributed by atoms with Gasteiger partial charge >= 0.3 is 0 Å². The molecule has 1 atom stereocenters. The van der Waals surface area contributed by atoms with Crippen LogP contribution in [0.15, 0.2) is 34.7 Å². The fraction of sp³-hybridized carbons (Fsp3) is 0.400. The van der Waals surface area contributed by atoms with Crippen molar-refractivity contribution in [3.05, 3.63) is 40.3 Å². The number of hydrogen-bond acceptors (Lipinski definition) is 5. The van der Waals surface area contributed by atoms with E-state index >= 15 is 0 Å². The lowest BCUT2D eigenvalue weighted by molar-refractivity contribution is 0.549. The molecule has 0 amide bonds. The SMILES string of the molecule is CC[C@H](NS(=O)(=O)c1ccc(C)c(N(C)C)c1)c1nccs1. The van der Waals surface area contributed by atoms with Crippen molar-refractivity contribution < 1.29 is 8.42 Å². The van der Waals surface area contributed by atoms with Crippen LogP contribution >= 0.6 is 11.3 Å². The van der Waals surface area contributed by atoms with E-state index in [0.29, 0.717) is 6.42 Å². The molecule has 0 aliphatic carbocycles. The van der Waals surface area contributed by atoms with Crippen LogP contribution in [0.3, 0.4) is 0 Å². The van der Waals surface area contributed by atoms with Crippen LogP contribution in [0.4, 0.5) is 5.69 Å². The van der Waals surface area contributed by atoms with E-state index < -0.39 is 10.0 Å². The molecule has 0 unspecified atom stereocenters. The topological polar surface area (TPSA) is 62.3 Å². The van der Waals surface area contributed by atoms with E-state index in [-0.39, 0.29) is 10.9 Å². The molecule has 0 saturated carbocycles. The minimum absolute atomic E-state index is 0.275. The summed E-state index contributed by atoms with van der Waals surface area (Å²) in [6.07, 6.45) is 2.34. The van der Waals surface area contributed by atoms with Gasteiger partial charge in [0.05, 0.1) is 10.9 Å². The maximum Gasteiger partial charge on any atom is 0.241 e. The van der Waals surface area contributed by atoms with E-state index in [1.54, 1.807) is 18.3 Å². The van der Waals surface area contributed by atoms with E-state index in [1.807, 2.05) is 44.3 Å². The number of hydrogen-bond donors (Lipinski definition) is 1. The number of benzene rings is 1. The molecule has 0 saturated heterocycles. The Hall–Kier alpha value is -1.44. The van der Waals surface area contributed by atoms with Crippen molar-refractivity contribution in [1.29, 1.82) is 0 Å². The molecule has 1 aromatic heterocycles. The highest BCUT2D eigenvalue weighted by molar-refractivity contribution is 7.89. The van der Waals surface area contributed by atoms with Gasteiger partial charge < -0.3 is 4.90 Å². The Kier molecular flexibility index (Phi) is 5.20. The second kappa shape index (κ2) is 6.76. The third kappa shape index (κ3) is 3.66. The van der Waals surface area contributed by atoms with Gasteiger partial charge in [-0.15, -0.1) is 11.3 Å². The first-order chi connectivity index (χ1) is 10.3. The third-order valence-electron chi connectivity index (χ3n) is 3.43. The molecule has 0 bridgehead atoms. The zero-order valence-corrected chi connectivity index (χ0v) is 14.8. The molecule has 0 spiro atoms. The highest BCUT2D eigenvalue weighted by Crippen LogP contribution is 2.25. The third-order valence-corrected chi connectivity index (χ3v) is 5.79. The van der Waals surface area contributed by atoms with Crippen LogP contribution in [0, 0.1) is 6.92 Å². The van der Waals surface area contributed by atoms with Crippen molar-refractivity contribution in [2.24, 2.45) is 0 Å². The molecule has 5 nitrogen and oxygen atoms in total. The average Bonchev–Trinajstić information content (AvgIpc) is 2.98. The lowest BCUT2D eigenvalue weighted by Gasteiger charge is -2.19. The van der Waals surface area contributed by atoms with Gasteiger partial charge in [0, 0.05) is 31.4 Å². The van der Waals surface area contributed by atoms with Gasteiger partial charge in [-0.05, 0) is 31.0 Å². The van der Waals surface area contributed by atoms with Crippen LogP contribution in [0.2, 0.25) is 0 Å². The molecule has 1 heterocycles. The molecule has 7 heteroatoms. The Balaban J connectivity index is 2.32. The minimum Gasteiger partial charge on any atom is -0.377 e. The Morgan fingerprint density at radius 1 is 1.36 bits per heavy atom. The molecule has 2 rings (SSSR count). The fourth-order valence-corrected chi connectivity index (χ4v) is 4.36. The quantitative estimate of drug-likeness (QED) is 0.879. The maximum atomic E-state index is 12.6. The molecule has 2 aromatic rings. The fourth-order valence-electron chi connectivity index (χ4n) is 2.21. The molecular formula is C15H21N3O2S2. The first-order valence-electron chi connectivity index (χ1n) is 7.05. The number of aromatic nitrogens is 1. The second-order valence-corrected chi connectivity index (χ2v) is 7.94. The zero-order valence-electron chi connectivity index (χ0n) is 13.2. The van der Waals surface area contributed by atoms with Crippen LogP contribution < -0.4 is 9.62 Å². The van der Waals surface area contributed by atoms with Crippen molar-refractivity contribution >= 4 is 27.0 Å². The summed E-state index contributed by atoms with van der Waals surface area (Å²) in [5.41, 5.74) is 1.93. The Morgan fingerprint density at radius 2 is 2.09 bits per heavy atom. The molecule has 0 aliphatic heterocycles. The van der Waals surface area contributed by atoms with Crippen LogP contribution in [-0.4, -0.2) is 27.5 Å². The largest absolute Gasteiger partial charge is 0.377 e. The van der Waals surface area contributed by atoms with Gasteiger partial charge in [0.15, 0.2) is 0 Å². The van der Waals surface area contributed by atoms with Gasteiger partial charge in [-0.1, -0.05) is 13.0 Å². The van der Waals surface area contributed by atoms with Crippen LogP contribution in [0.5, 0.6) is 0 Å². The maximum absolute atomic E-state index is 12.6. The lowest BCUT2D eigenvalue weighted by Crippen LogP contribution is -2.28. The first kappa shape index (κ1) is 16.9. The van der Waals surface area contributed by atoms with Crippen molar-refractivity contribution in [3.63, 3.8) is 0 Å². The van der Waals surface area contributed by atoms with E-state index in [9.17, 15) is 8.42 Å². The molecule has 120 valence electrons. The first-order valence-corrected chi connectivity index (χ1v) is 9.41. The summed E-state index contributed by atoms with van der Waals surface area (Å²) in [6, 6.07) is 4.87. The molecule has 0 radical (unpaired) electrons. The lowest BCUT2D eigenvalue weighted by atomic mass is 10.2. The number of rotatable bonds is 6. The summed E-state index contributed by atoms with van der Waals surface area (Å²) in [7, 11) is 0.218. The van der Waals surface area contributed by atoms with Crippen LogP contribution in [0.25, 0.3) is 0 Å². The summed E-state index contributed by atoms with van der Waals surface area (Å²) < 4.78 is 28.0. The predicted octanol–water partition coefficient (Wildman–Crippen LogP) is 2.95. The molecule has 22 heavy (non-hydrogen) atoms. The Bertz CT molecular complexity index is 725. The van der Waals surface area contributed by atoms with E-state index in [2.05, 4.69) is 9.71 Å². The van der Waals surface area contributed by atoms with Crippen molar-refractivity contribution in [3.8, 4) is 0 Å².